The van der Waals surface area contributed by atoms with Crippen LogP contribution in [0.5, 0.6) is 0 Å². The zero-order valence-electron chi connectivity index (χ0n) is 12.0. The smallest absolute Gasteiger partial charge is 0.188 e. The Morgan fingerprint density at radius 1 is 0.950 bits per heavy atom. The third kappa shape index (κ3) is 3.78. The molecule has 2 aromatic rings. The molecule has 0 bridgehead atoms. The Bertz CT molecular complexity index is 532. The molecule has 0 amide bonds. The summed E-state index contributed by atoms with van der Waals surface area (Å²) in [4.78, 5) is 12.1. The molecular formula is C18H20O2. The summed E-state index contributed by atoms with van der Waals surface area (Å²) in [5, 5.41) is 0. The van der Waals surface area contributed by atoms with E-state index in [1.54, 1.807) is 0 Å². The molecule has 0 aliphatic carbocycles. The molecule has 0 spiro atoms. The van der Waals surface area contributed by atoms with Gasteiger partial charge in [0, 0.05) is 5.56 Å². The van der Waals surface area contributed by atoms with Crippen LogP contribution in [0.1, 0.15) is 35.9 Å². The second kappa shape index (κ2) is 7.01. The first-order valence-corrected chi connectivity index (χ1v) is 6.93. The third-order valence-electron chi connectivity index (χ3n) is 3.22. The highest BCUT2D eigenvalue weighted by Gasteiger charge is 2.18. The van der Waals surface area contributed by atoms with E-state index in [9.17, 15) is 4.79 Å². The van der Waals surface area contributed by atoms with Crippen LogP contribution in [-0.4, -0.2) is 12.4 Å². The summed E-state index contributed by atoms with van der Waals surface area (Å²) in [6.07, 6.45) is -0.0520. The predicted octanol–water partition coefficient (Wildman–Crippen LogP) is 4.28. The molecule has 2 nitrogen and oxygen atoms in total. The number of ether oxygens (including phenoxy) is 1. The first-order valence-electron chi connectivity index (χ1n) is 6.93. The molecule has 0 fully saturated rings. The first kappa shape index (κ1) is 14.5. The van der Waals surface area contributed by atoms with E-state index in [2.05, 4.69) is 13.8 Å². The summed E-state index contributed by atoms with van der Waals surface area (Å²) in [6, 6.07) is 19.3. The van der Waals surface area contributed by atoms with E-state index in [4.69, 9.17) is 4.74 Å². The van der Waals surface area contributed by atoms with Gasteiger partial charge in [0.05, 0.1) is 6.10 Å². The molecule has 0 aromatic heterocycles. The van der Waals surface area contributed by atoms with Gasteiger partial charge in [-0.3, -0.25) is 4.79 Å². The van der Waals surface area contributed by atoms with Crippen molar-refractivity contribution in [2.75, 3.05) is 6.61 Å². The van der Waals surface area contributed by atoms with Gasteiger partial charge in [-0.25, -0.2) is 0 Å². The summed E-state index contributed by atoms with van der Waals surface area (Å²) >= 11 is 0. The molecule has 0 heterocycles. The lowest BCUT2D eigenvalue weighted by atomic mass is 9.99. The molecule has 2 rings (SSSR count). The van der Waals surface area contributed by atoms with Crippen LogP contribution < -0.4 is 0 Å². The van der Waals surface area contributed by atoms with Crippen molar-refractivity contribution in [2.24, 2.45) is 5.92 Å². The number of rotatable bonds is 6. The van der Waals surface area contributed by atoms with Crippen LogP contribution in [-0.2, 0) is 4.74 Å². The average molecular weight is 268 g/mol. The molecule has 0 radical (unpaired) electrons. The molecule has 0 aliphatic rings. The number of carbonyl (C=O) groups excluding carboxylic acids is 1. The van der Waals surface area contributed by atoms with Crippen LogP contribution in [0.25, 0.3) is 0 Å². The Kier molecular flexibility index (Phi) is 5.08. The second-order valence-electron chi connectivity index (χ2n) is 5.18. The standard InChI is InChI=1S/C18H20O2/c1-14(2)18(16-11-7-4-8-12-16)20-13-17(19)15-9-5-3-6-10-15/h3-12,14,18H,13H2,1-2H3. The molecule has 104 valence electrons. The lowest BCUT2D eigenvalue weighted by molar-refractivity contribution is 0.0228. The molecule has 0 N–H and O–H groups in total. The van der Waals surface area contributed by atoms with E-state index < -0.39 is 0 Å². The maximum Gasteiger partial charge on any atom is 0.188 e. The zero-order chi connectivity index (χ0) is 14.4. The summed E-state index contributed by atoms with van der Waals surface area (Å²) in [7, 11) is 0. The SMILES string of the molecule is CC(C)C(OCC(=O)c1ccccc1)c1ccccc1. The lowest BCUT2D eigenvalue weighted by Crippen LogP contribution is -2.17. The van der Waals surface area contributed by atoms with Crippen LogP contribution in [0.15, 0.2) is 60.7 Å². The number of benzene rings is 2. The maximum absolute atomic E-state index is 12.1. The molecule has 0 saturated carbocycles. The van der Waals surface area contributed by atoms with E-state index >= 15 is 0 Å². The number of hydrogen-bond donors (Lipinski definition) is 0. The van der Waals surface area contributed by atoms with Gasteiger partial charge in [-0.1, -0.05) is 74.5 Å². The normalized spacial score (nSPS) is 12.3. The van der Waals surface area contributed by atoms with Gasteiger partial charge in [-0.2, -0.15) is 0 Å². The fraction of sp³-hybridized carbons (Fsp3) is 0.278. The van der Waals surface area contributed by atoms with Crippen LogP contribution >= 0.6 is 0 Å². The van der Waals surface area contributed by atoms with Crippen LogP contribution in [0, 0.1) is 5.92 Å². The van der Waals surface area contributed by atoms with Crippen molar-refractivity contribution in [3.8, 4) is 0 Å². The third-order valence-corrected chi connectivity index (χ3v) is 3.22. The van der Waals surface area contributed by atoms with Gasteiger partial charge < -0.3 is 4.74 Å². The van der Waals surface area contributed by atoms with Crippen molar-refractivity contribution in [2.45, 2.75) is 20.0 Å². The van der Waals surface area contributed by atoms with Gasteiger partial charge in [-0.15, -0.1) is 0 Å². The fourth-order valence-electron chi connectivity index (χ4n) is 2.19. The summed E-state index contributed by atoms with van der Waals surface area (Å²) < 4.78 is 5.86. The van der Waals surface area contributed by atoms with Gasteiger partial charge in [0.25, 0.3) is 0 Å². The molecule has 0 saturated heterocycles. The highest BCUT2D eigenvalue weighted by molar-refractivity contribution is 5.97. The van der Waals surface area contributed by atoms with Gasteiger partial charge in [0.15, 0.2) is 5.78 Å². The van der Waals surface area contributed by atoms with Gasteiger partial charge in [-0.05, 0) is 11.5 Å². The van der Waals surface area contributed by atoms with Crippen molar-refractivity contribution >= 4 is 5.78 Å². The first-order chi connectivity index (χ1) is 9.68. The van der Waals surface area contributed by atoms with E-state index in [-0.39, 0.29) is 18.5 Å². The molecule has 2 heteroatoms. The average Bonchev–Trinajstić information content (AvgIpc) is 2.49. The second-order valence-corrected chi connectivity index (χ2v) is 5.18. The highest BCUT2D eigenvalue weighted by Crippen LogP contribution is 2.25. The Morgan fingerprint density at radius 3 is 2.05 bits per heavy atom. The van der Waals surface area contributed by atoms with Gasteiger partial charge in [0.1, 0.15) is 6.61 Å². The van der Waals surface area contributed by atoms with Gasteiger partial charge >= 0.3 is 0 Å². The largest absolute Gasteiger partial charge is 0.365 e. The summed E-state index contributed by atoms with van der Waals surface area (Å²) in [5.74, 6) is 0.341. The monoisotopic (exact) mass is 268 g/mol. The summed E-state index contributed by atoms with van der Waals surface area (Å²) in [5.41, 5.74) is 1.81. The van der Waals surface area contributed by atoms with Crippen LogP contribution in [0.4, 0.5) is 0 Å². The minimum atomic E-state index is -0.0520. The number of hydrogen-bond acceptors (Lipinski definition) is 2. The molecular weight excluding hydrogens is 248 g/mol. The predicted molar refractivity (Wildman–Crippen MR) is 80.7 cm³/mol. The van der Waals surface area contributed by atoms with E-state index in [0.717, 1.165) is 5.56 Å². The van der Waals surface area contributed by atoms with Crippen LogP contribution in [0.2, 0.25) is 0 Å². The highest BCUT2D eigenvalue weighted by atomic mass is 16.5. The Hall–Kier alpha value is -1.93. The van der Waals surface area contributed by atoms with Crippen molar-refractivity contribution in [3.63, 3.8) is 0 Å². The Morgan fingerprint density at radius 2 is 1.50 bits per heavy atom. The molecule has 1 unspecified atom stereocenters. The van der Waals surface area contributed by atoms with E-state index in [0.29, 0.717) is 11.5 Å². The molecule has 0 aliphatic heterocycles. The molecule has 1 atom stereocenters. The Labute approximate surface area is 120 Å². The summed E-state index contributed by atoms with van der Waals surface area (Å²) in [6.45, 7) is 4.32. The quantitative estimate of drug-likeness (QED) is 0.731. The Balaban J connectivity index is 2.02. The van der Waals surface area contributed by atoms with Gasteiger partial charge in [0.2, 0.25) is 0 Å². The molecule has 2 aromatic carbocycles. The maximum atomic E-state index is 12.1. The number of ketones is 1. The lowest BCUT2D eigenvalue weighted by Gasteiger charge is -2.21. The van der Waals surface area contributed by atoms with Crippen LogP contribution in [0.3, 0.4) is 0 Å². The topological polar surface area (TPSA) is 26.3 Å². The number of carbonyl (C=O) groups is 1. The fourth-order valence-corrected chi connectivity index (χ4v) is 2.19. The minimum Gasteiger partial charge on any atom is -0.365 e. The van der Waals surface area contributed by atoms with Crippen molar-refractivity contribution in [1.29, 1.82) is 0 Å². The van der Waals surface area contributed by atoms with E-state index in [1.165, 1.54) is 0 Å². The number of Topliss-reactive ketones (excluding diaryl/α,β-unsaturated/α-hetero) is 1. The van der Waals surface area contributed by atoms with E-state index in [1.807, 2.05) is 60.7 Å². The van der Waals surface area contributed by atoms with Crippen molar-refractivity contribution in [1.82, 2.24) is 0 Å². The minimum absolute atomic E-state index is 0.0205. The van der Waals surface area contributed by atoms with Crippen molar-refractivity contribution < 1.29 is 9.53 Å². The molecule has 20 heavy (non-hydrogen) atoms. The van der Waals surface area contributed by atoms with Crippen molar-refractivity contribution in [3.05, 3.63) is 71.8 Å². The zero-order valence-corrected chi connectivity index (χ0v) is 12.0.